The van der Waals surface area contributed by atoms with Crippen molar-refractivity contribution in [3.05, 3.63) is 35.9 Å². The lowest BCUT2D eigenvalue weighted by Gasteiger charge is -2.23. The molecule has 0 aliphatic carbocycles. The zero-order chi connectivity index (χ0) is 15.9. The van der Waals surface area contributed by atoms with Gasteiger partial charge >= 0.3 is 16.9 Å². The molecule has 1 N–H and O–H groups in total. The Morgan fingerprint density at radius 3 is 1.95 bits per heavy atom. The second kappa shape index (κ2) is 7.64. The minimum Gasteiger partial charge on any atom is -0.463 e. The van der Waals surface area contributed by atoms with Crippen LogP contribution in [-0.4, -0.2) is 36.1 Å². The van der Waals surface area contributed by atoms with Crippen LogP contribution in [0.25, 0.3) is 0 Å². The van der Waals surface area contributed by atoms with Gasteiger partial charge in [-0.05, 0) is 26.0 Å². The molecule has 0 fully saturated rings. The second-order valence-electron chi connectivity index (χ2n) is 3.92. The Bertz CT molecular complexity index is 499. The Morgan fingerprint density at radius 1 is 1.05 bits per heavy atom. The highest BCUT2D eigenvalue weighted by molar-refractivity contribution is 6.45. The third-order valence-electron chi connectivity index (χ3n) is 2.44. The maximum Gasteiger partial charge on any atom is 0.359 e. The van der Waals surface area contributed by atoms with Crippen molar-refractivity contribution in [2.75, 3.05) is 13.2 Å². The molecule has 0 saturated heterocycles. The van der Waals surface area contributed by atoms with Gasteiger partial charge in [-0.2, -0.15) is 0 Å². The number of rotatable bonds is 6. The van der Waals surface area contributed by atoms with Crippen molar-refractivity contribution in [1.82, 2.24) is 5.32 Å². The summed E-state index contributed by atoms with van der Waals surface area (Å²) in [5.74, 6) is -2.87. The maximum atomic E-state index is 12.1. The first kappa shape index (κ1) is 17.0. The number of esters is 2. The van der Waals surface area contributed by atoms with Gasteiger partial charge in [0, 0.05) is 5.56 Å². The van der Waals surface area contributed by atoms with Crippen LogP contribution in [0.1, 0.15) is 24.2 Å². The van der Waals surface area contributed by atoms with Gasteiger partial charge in [0.25, 0.3) is 5.91 Å². The van der Waals surface area contributed by atoms with Crippen LogP contribution in [0, 0.1) is 0 Å². The number of ether oxygens (including phenoxy) is 2. The van der Waals surface area contributed by atoms with E-state index in [1.165, 1.54) is 12.1 Å². The molecule has 1 aromatic carbocycles. The van der Waals surface area contributed by atoms with Crippen LogP contribution in [0.15, 0.2) is 30.3 Å². The molecule has 0 aliphatic rings. The van der Waals surface area contributed by atoms with E-state index in [4.69, 9.17) is 21.1 Å². The predicted octanol–water partition coefficient (Wildman–Crippen LogP) is 1.48. The summed E-state index contributed by atoms with van der Waals surface area (Å²) < 4.78 is 9.45. The SMILES string of the molecule is CCOC(=O)C(Cl)(NC(=O)c1ccccc1)C(=O)OCC. The molecular formula is C14H16ClNO5. The number of hydrogen-bond acceptors (Lipinski definition) is 5. The summed E-state index contributed by atoms with van der Waals surface area (Å²) in [6.45, 7) is 3.13. The van der Waals surface area contributed by atoms with Crippen molar-refractivity contribution < 1.29 is 23.9 Å². The third-order valence-corrected chi connectivity index (χ3v) is 2.84. The van der Waals surface area contributed by atoms with Crippen LogP contribution >= 0.6 is 11.6 Å². The molecule has 0 aromatic heterocycles. The standard InChI is InChI=1S/C14H16ClNO5/c1-3-20-12(18)14(15,13(19)21-4-2)16-11(17)10-8-6-5-7-9-10/h5-9H,3-4H2,1-2H3,(H,16,17). The Labute approximate surface area is 127 Å². The molecule has 21 heavy (non-hydrogen) atoms. The molecule has 7 heteroatoms. The molecule has 0 unspecified atom stereocenters. The van der Waals surface area contributed by atoms with Gasteiger partial charge in [0.15, 0.2) is 0 Å². The van der Waals surface area contributed by atoms with Crippen molar-refractivity contribution in [3.8, 4) is 0 Å². The molecule has 1 aromatic rings. The average Bonchev–Trinajstić information content (AvgIpc) is 2.48. The van der Waals surface area contributed by atoms with Gasteiger partial charge in [0.2, 0.25) is 0 Å². The maximum absolute atomic E-state index is 12.1. The number of halogens is 1. The van der Waals surface area contributed by atoms with Crippen molar-refractivity contribution in [2.45, 2.75) is 18.8 Å². The summed E-state index contributed by atoms with van der Waals surface area (Å²) in [6.07, 6.45) is 0. The second-order valence-corrected chi connectivity index (χ2v) is 4.49. The topological polar surface area (TPSA) is 81.7 Å². The van der Waals surface area contributed by atoms with Gasteiger partial charge in [-0.1, -0.05) is 29.8 Å². The highest BCUT2D eigenvalue weighted by Crippen LogP contribution is 2.17. The third kappa shape index (κ3) is 4.19. The molecule has 0 aliphatic heterocycles. The Morgan fingerprint density at radius 2 is 1.52 bits per heavy atom. The molecule has 1 rings (SSSR count). The Hall–Kier alpha value is -2.08. The van der Waals surface area contributed by atoms with E-state index < -0.39 is 22.8 Å². The van der Waals surface area contributed by atoms with Gasteiger partial charge in [-0.25, -0.2) is 9.59 Å². The number of carbonyl (C=O) groups excluding carboxylic acids is 3. The molecular weight excluding hydrogens is 298 g/mol. The summed E-state index contributed by atoms with van der Waals surface area (Å²) in [6, 6.07) is 8.03. The molecule has 1 amide bonds. The first-order valence-corrected chi connectivity index (χ1v) is 6.74. The highest BCUT2D eigenvalue weighted by Gasteiger charge is 2.49. The first-order chi connectivity index (χ1) is 9.95. The van der Waals surface area contributed by atoms with Gasteiger partial charge in [0.05, 0.1) is 13.2 Å². The Kier molecular flexibility index (Phi) is 6.17. The van der Waals surface area contributed by atoms with E-state index in [1.54, 1.807) is 32.0 Å². The lowest BCUT2D eigenvalue weighted by molar-refractivity contribution is -0.160. The van der Waals surface area contributed by atoms with Crippen molar-refractivity contribution in [3.63, 3.8) is 0 Å². The van der Waals surface area contributed by atoms with E-state index in [2.05, 4.69) is 5.32 Å². The van der Waals surface area contributed by atoms with Crippen molar-refractivity contribution in [1.29, 1.82) is 0 Å². The minimum atomic E-state index is -2.40. The number of nitrogens with one attached hydrogen (secondary N) is 1. The largest absolute Gasteiger partial charge is 0.463 e. The van der Waals surface area contributed by atoms with E-state index in [9.17, 15) is 14.4 Å². The average molecular weight is 314 g/mol. The van der Waals surface area contributed by atoms with Crippen LogP contribution in [-0.2, 0) is 19.1 Å². The first-order valence-electron chi connectivity index (χ1n) is 6.36. The van der Waals surface area contributed by atoms with Crippen LogP contribution in [0.5, 0.6) is 0 Å². The molecule has 114 valence electrons. The summed E-state index contributed by atoms with van der Waals surface area (Å²) in [4.78, 5) is 33.4. The fourth-order valence-electron chi connectivity index (χ4n) is 1.46. The molecule has 0 radical (unpaired) electrons. The summed E-state index contributed by atoms with van der Waals surface area (Å²) in [5, 5.41) is 2.16. The van der Waals surface area contributed by atoms with Crippen LogP contribution in [0.4, 0.5) is 0 Å². The molecule has 0 saturated carbocycles. The monoisotopic (exact) mass is 313 g/mol. The van der Waals surface area contributed by atoms with Gasteiger partial charge in [0.1, 0.15) is 0 Å². The van der Waals surface area contributed by atoms with Gasteiger partial charge < -0.3 is 14.8 Å². The van der Waals surface area contributed by atoms with Gasteiger partial charge in [-0.3, -0.25) is 4.79 Å². The zero-order valence-electron chi connectivity index (χ0n) is 11.7. The van der Waals surface area contributed by atoms with Crippen molar-refractivity contribution in [2.24, 2.45) is 0 Å². The molecule has 0 bridgehead atoms. The number of carbonyl (C=O) groups is 3. The quantitative estimate of drug-likeness (QED) is 0.372. The summed E-state index contributed by atoms with van der Waals surface area (Å²) in [5.41, 5.74) is 0.246. The molecule has 0 spiro atoms. The van der Waals surface area contributed by atoms with E-state index in [-0.39, 0.29) is 18.8 Å². The minimum absolute atomic E-state index is 0.00785. The summed E-state index contributed by atoms with van der Waals surface area (Å²) >= 11 is 5.96. The highest BCUT2D eigenvalue weighted by atomic mass is 35.5. The fraction of sp³-hybridized carbons (Fsp3) is 0.357. The number of alkyl halides is 1. The lowest BCUT2D eigenvalue weighted by Crippen LogP contribution is -2.57. The number of benzene rings is 1. The molecule has 6 nitrogen and oxygen atoms in total. The predicted molar refractivity (Wildman–Crippen MR) is 75.8 cm³/mol. The van der Waals surface area contributed by atoms with E-state index in [0.29, 0.717) is 0 Å². The molecule has 0 atom stereocenters. The van der Waals surface area contributed by atoms with E-state index in [0.717, 1.165) is 0 Å². The summed E-state index contributed by atoms with van der Waals surface area (Å²) in [7, 11) is 0. The van der Waals surface area contributed by atoms with Gasteiger partial charge in [-0.15, -0.1) is 0 Å². The molecule has 0 heterocycles. The van der Waals surface area contributed by atoms with Crippen LogP contribution < -0.4 is 5.32 Å². The van der Waals surface area contributed by atoms with Crippen molar-refractivity contribution >= 4 is 29.4 Å². The van der Waals surface area contributed by atoms with E-state index >= 15 is 0 Å². The normalized spacial score (nSPS) is 10.6. The smallest absolute Gasteiger partial charge is 0.359 e. The van der Waals surface area contributed by atoms with E-state index in [1.807, 2.05) is 0 Å². The lowest BCUT2D eigenvalue weighted by atomic mass is 10.2. The Balaban J connectivity index is 2.99. The fourth-order valence-corrected chi connectivity index (χ4v) is 1.66. The van der Waals surface area contributed by atoms with Crippen LogP contribution in [0.3, 0.4) is 0 Å². The number of hydrogen-bond donors (Lipinski definition) is 1. The number of amides is 1. The zero-order valence-corrected chi connectivity index (χ0v) is 12.5. The van der Waals surface area contributed by atoms with Crippen LogP contribution in [0.2, 0.25) is 0 Å².